The van der Waals surface area contributed by atoms with Gasteiger partial charge in [0.05, 0.1) is 18.5 Å². The number of β-amino-alcohol motifs (C(OH)–C–C–N with tert-alkyl or cyclic N) is 1. The number of hydrogen-bond acceptors (Lipinski definition) is 6. The lowest BCUT2D eigenvalue weighted by atomic mass is 10.3. The monoisotopic (exact) mass is 307 g/mol. The van der Waals surface area contributed by atoms with Gasteiger partial charge in [0.25, 0.3) is 0 Å². The third-order valence-electron chi connectivity index (χ3n) is 3.77. The molecule has 0 amide bonds. The molecular formula is C14H21N5OS. The summed E-state index contributed by atoms with van der Waals surface area (Å²) in [6.07, 6.45) is 3.85. The van der Waals surface area contributed by atoms with Gasteiger partial charge < -0.3 is 5.11 Å². The summed E-state index contributed by atoms with van der Waals surface area (Å²) in [7, 11) is 1.92. The average molecular weight is 307 g/mol. The van der Waals surface area contributed by atoms with E-state index in [-0.39, 0.29) is 6.61 Å². The van der Waals surface area contributed by atoms with E-state index in [0.717, 1.165) is 55.5 Å². The largest absolute Gasteiger partial charge is 0.395 e. The normalized spacial score (nSPS) is 17.4. The quantitative estimate of drug-likeness (QED) is 0.879. The summed E-state index contributed by atoms with van der Waals surface area (Å²) < 4.78 is 1.80. The summed E-state index contributed by atoms with van der Waals surface area (Å²) in [5.74, 6) is 0. The van der Waals surface area contributed by atoms with Gasteiger partial charge in [0, 0.05) is 63.5 Å². The number of rotatable bonds is 5. The second-order valence-corrected chi connectivity index (χ2v) is 6.25. The zero-order valence-corrected chi connectivity index (χ0v) is 13.1. The van der Waals surface area contributed by atoms with E-state index in [4.69, 9.17) is 10.1 Å². The van der Waals surface area contributed by atoms with Crippen molar-refractivity contribution in [2.45, 2.75) is 6.54 Å². The third kappa shape index (κ3) is 3.68. The second-order valence-electron chi connectivity index (χ2n) is 5.39. The molecule has 0 spiro atoms. The van der Waals surface area contributed by atoms with Crippen LogP contribution in [0.3, 0.4) is 0 Å². The molecule has 3 rings (SSSR count). The first kappa shape index (κ1) is 14.6. The fourth-order valence-corrected chi connectivity index (χ4v) is 3.37. The fraction of sp³-hybridized carbons (Fsp3) is 0.571. The lowest BCUT2D eigenvalue weighted by Gasteiger charge is -2.33. The summed E-state index contributed by atoms with van der Waals surface area (Å²) in [5, 5.41) is 16.3. The molecule has 0 aromatic carbocycles. The molecule has 1 aliphatic heterocycles. The molecule has 21 heavy (non-hydrogen) atoms. The van der Waals surface area contributed by atoms with Crippen molar-refractivity contribution >= 4 is 11.3 Å². The molecule has 1 aliphatic rings. The maximum absolute atomic E-state index is 8.96. The highest BCUT2D eigenvalue weighted by molar-refractivity contribution is 7.13. The van der Waals surface area contributed by atoms with E-state index in [2.05, 4.69) is 20.3 Å². The Balaban J connectivity index is 1.56. The van der Waals surface area contributed by atoms with E-state index in [9.17, 15) is 0 Å². The second kappa shape index (κ2) is 6.65. The predicted octanol–water partition coefficient (Wildman–Crippen LogP) is 0.653. The van der Waals surface area contributed by atoms with Gasteiger partial charge in [-0.25, -0.2) is 4.98 Å². The van der Waals surface area contributed by atoms with E-state index >= 15 is 0 Å². The van der Waals surface area contributed by atoms with Crippen LogP contribution in [0.25, 0.3) is 10.6 Å². The van der Waals surface area contributed by atoms with E-state index in [0.29, 0.717) is 0 Å². The first-order valence-corrected chi connectivity index (χ1v) is 8.11. The molecule has 0 atom stereocenters. The Morgan fingerprint density at radius 1 is 1.24 bits per heavy atom. The Morgan fingerprint density at radius 3 is 2.67 bits per heavy atom. The van der Waals surface area contributed by atoms with Gasteiger partial charge in [-0.2, -0.15) is 5.10 Å². The van der Waals surface area contributed by atoms with Crippen LogP contribution in [0.4, 0.5) is 0 Å². The molecule has 114 valence electrons. The number of nitrogens with zero attached hydrogens (tertiary/aromatic N) is 5. The minimum absolute atomic E-state index is 0.251. The molecule has 0 unspecified atom stereocenters. The minimum atomic E-state index is 0.251. The third-order valence-corrected chi connectivity index (χ3v) is 4.71. The van der Waals surface area contributed by atoms with Gasteiger partial charge >= 0.3 is 0 Å². The van der Waals surface area contributed by atoms with Crippen LogP contribution in [0.5, 0.6) is 0 Å². The van der Waals surface area contributed by atoms with Crippen molar-refractivity contribution in [3.63, 3.8) is 0 Å². The van der Waals surface area contributed by atoms with E-state index in [1.165, 1.54) is 0 Å². The van der Waals surface area contributed by atoms with Crippen molar-refractivity contribution < 1.29 is 5.11 Å². The molecule has 2 aromatic heterocycles. The zero-order chi connectivity index (χ0) is 14.7. The molecule has 0 bridgehead atoms. The van der Waals surface area contributed by atoms with Crippen LogP contribution in [0.1, 0.15) is 5.69 Å². The molecule has 0 radical (unpaired) electrons. The number of aryl methyl sites for hydroxylation is 1. The number of piperazine rings is 1. The Labute approximate surface area is 128 Å². The molecule has 1 fully saturated rings. The topological polar surface area (TPSA) is 57.4 Å². The van der Waals surface area contributed by atoms with Crippen LogP contribution in [0.2, 0.25) is 0 Å². The molecule has 0 saturated carbocycles. The summed E-state index contributed by atoms with van der Waals surface area (Å²) >= 11 is 1.68. The molecule has 1 saturated heterocycles. The SMILES string of the molecule is Cn1cc(-c2nc(CN3CCN(CCO)CC3)cs2)cn1. The van der Waals surface area contributed by atoms with Crippen LogP contribution in [-0.4, -0.2) is 69.0 Å². The van der Waals surface area contributed by atoms with Gasteiger partial charge in [-0.15, -0.1) is 11.3 Å². The van der Waals surface area contributed by atoms with Crippen molar-refractivity contribution in [3.8, 4) is 10.6 Å². The van der Waals surface area contributed by atoms with Gasteiger partial charge in [0.1, 0.15) is 5.01 Å². The van der Waals surface area contributed by atoms with Gasteiger partial charge in [0.2, 0.25) is 0 Å². The summed E-state index contributed by atoms with van der Waals surface area (Å²) in [6.45, 7) is 6.08. The molecular weight excluding hydrogens is 286 g/mol. The number of aliphatic hydroxyl groups excluding tert-OH is 1. The molecule has 6 nitrogen and oxygen atoms in total. The highest BCUT2D eigenvalue weighted by atomic mass is 32.1. The Morgan fingerprint density at radius 2 is 2.00 bits per heavy atom. The minimum Gasteiger partial charge on any atom is -0.395 e. The number of aromatic nitrogens is 3. The summed E-state index contributed by atoms with van der Waals surface area (Å²) in [4.78, 5) is 9.44. The van der Waals surface area contributed by atoms with Gasteiger partial charge in [-0.1, -0.05) is 0 Å². The molecule has 3 heterocycles. The Bertz CT molecular complexity index is 573. The van der Waals surface area contributed by atoms with E-state index in [1.807, 2.05) is 19.4 Å². The van der Waals surface area contributed by atoms with Crippen molar-refractivity contribution in [1.82, 2.24) is 24.6 Å². The van der Waals surface area contributed by atoms with Crippen molar-refractivity contribution in [2.24, 2.45) is 7.05 Å². The van der Waals surface area contributed by atoms with Crippen LogP contribution < -0.4 is 0 Å². The molecule has 7 heteroatoms. The van der Waals surface area contributed by atoms with Crippen LogP contribution in [0, 0.1) is 0 Å². The van der Waals surface area contributed by atoms with E-state index in [1.54, 1.807) is 16.0 Å². The number of hydrogen-bond donors (Lipinski definition) is 1. The highest BCUT2D eigenvalue weighted by Crippen LogP contribution is 2.23. The first-order valence-electron chi connectivity index (χ1n) is 7.23. The van der Waals surface area contributed by atoms with Crippen LogP contribution in [-0.2, 0) is 13.6 Å². The van der Waals surface area contributed by atoms with Crippen LogP contribution in [0.15, 0.2) is 17.8 Å². The van der Waals surface area contributed by atoms with Crippen molar-refractivity contribution in [3.05, 3.63) is 23.5 Å². The standard InChI is InChI=1S/C14H21N5OS/c1-17-9-12(8-15-17)14-16-13(11-21-14)10-19-4-2-18(3-5-19)6-7-20/h8-9,11,20H,2-7,10H2,1H3. The zero-order valence-electron chi connectivity index (χ0n) is 12.3. The molecule has 0 aliphatic carbocycles. The fourth-order valence-electron chi connectivity index (χ4n) is 2.59. The van der Waals surface area contributed by atoms with E-state index < -0.39 is 0 Å². The van der Waals surface area contributed by atoms with Crippen molar-refractivity contribution in [1.29, 1.82) is 0 Å². The smallest absolute Gasteiger partial charge is 0.126 e. The Hall–Kier alpha value is -1.28. The number of aliphatic hydroxyl groups is 1. The molecule has 1 N–H and O–H groups in total. The summed E-state index contributed by atoms with van der Waals surface area (Å²) in [5.41, 5.74) is 2.22. The summed E-state index contributed by atoms with van der Waals surface area (Å²) in [6, 6.07) is 0. The predicted molar refractivity (Wildman–Crippen MR) is 83.1 cm³/mol. The maximum atomic E-state index is 8.96. The Kier molecular flexibility index (Phi) is 4.64. The maximum Gasteiger partial charge on any atom is 0.126 e. The number of thiazole rings is 1. The van der Waals surface area contributed by atoms with Crippen molar-refractivity contribution in [2.75, 3.05) is 39.3 Å². The lowest BCUT2D eigenvalue weighted by molar-refractivity contribution is 0.108. The van der Waals surface area contributed by atoms with Crippen LogP contribution >= 0.6 is 11.3 Å². The first-order chi connectivity index (χ1) is 10.2. The highest BCUT2D eigenvalue weighted by Gasteiger charge is 2.17. The lowest BCUT2D eigenvalue weighted by Crippen LogP contribution is -2.46. The van der Waals surface area contributed by atoms with Gasteiger partial charge in [-0.3, -0.25) is 14.5 Å². The average Bonchev–Trinajstić information content (AvgIpc) is 3.10. The van der Waals surface area contributed by atoms with Gasteiger partial charge in [0.15, 0.2) is 0 Å². The van der Waals surface area contributed by atoms with Gasteiger partial charge in [-0.05, 0) is 0 Å². The molecule has 2 aromatic rings.